The normalized spacial score (nSPS) is 24.7. The molecule has 2 aliphatic rings. The molecular weight excluding hydrogens is 292 g/mol. The molecule has 6 heteroatoms. The monoisotopic (exact) mass is 310 g/mol. The summed E-state index contributed by atoms with van der Waals surface area (Å²) in [4.78, 5) is 24.7. The minimum absolute atomic E-state index is 0.0299. The Morgan fingerprint density at radius 2 is 1.91 bits per heavy atom. The van der Waals surface area contributed by atoms with Gasteiger partial charge in [-0.3, -0.25) is 9.69 Å². The van der Waals surface area contributed by atoms with Crippen molar-refractivity contribution >= 4 is 11.6 Å². The van der Waals surface area contributed by atoms with Gasteiger partial charge in [0, 0.05) is 43.3 Å². The van der Waals surface area contributed by atoms with Crippen molar-refractivity contribution in [3.63, 3.8) is 0 Å². The van der Waals surface area contributed by atoms with Crippen LogP contribution in [0.1, 0.15) is 5.56 Å². The van der Waals surface area contributed by atoms with E-state index in [1.54, 1.807) is 0 Å². The maximum atomic E-state index is 12.4. The Morgan fingerprint density at radius 3 is 2.70 bits per heavy atom. The summed E-state index contributed by atoms with van der Waals surface area (Å²) in [5.41, 5.74) is 2.02. The number of nitrogens with zero attached hydrogens (tertiary/aromatic N) is 4. The van der Waals surface area contributed by atoms with Crippen LogP contribution in [0.25, 0.3) is 0 Å². The van der Waals surface area contributed by atoms with Gasteiger partial charge in [-0.05, 0) is 12.1 Å². The predicted octanol–water partition coefficient (Wildman–Crippen LogP) is 1.09. The van der Waals surface area contributed by atoms with E-state index in [0.717, 1.165) is 30.9 Å². The lowest BCUT2D eigenvalue weighted by molar-refractivity contribution is -0.130. The lowest BCUT2D eigenvalue weighted by atomic mass is 10.1. The molecule has 0 spiro atoms. The number of morpholine rings is 1. The third kappa shape index (κ3) is 2.83. The molecule has 0 radical (unpaired) electrons. The SMILES string of the molecule is O=C1CO[C@H]2CN(Cc3cncnc3)C[C@@H]2N1c1ccccc1. The Morgan fingerprint density at radius 1 is 1.13 bits per heavy atom. The minimum Gasteiger partial charge on any atom is -0.365 e. The van der Waals surface area contributed by atoms with Crippen LogP contribution in [0.4, 0.5) is 5.69 Å². The molecule has 0 unspecified atom stereocenters. The van der Waals surface area contributed by atoms with Gasteiger partial charge in [0.2, 0.25) is 0 Å². The molecule has 0 saturated carbocycles. The number of hydrogen-bond donors (Lipinski definition) is 0. The minimum atomic E-state index is 0.0299. The summed E-state index contributed by atoms with van der Waals surface area (Å²) in [7, 11) is 0. The van der Waals surface area contributed by atoms with E-state index in [1.807, 2.05) is 47.6 Å². The highest BCUT2D eigenvalue weighted by molar-refractivity contribution is 5.95. The third-order valence-corrected chi connectivity index (χ3v) is 4.39. The van der Waals surface area contributed by atoms with E-state index in [1.165, 1.54) is 6.33 Å². The number of carbonyl (C=O) groups is 1. The molecule has 0 aliphatic carbocycles. The van der Waals surface area contributed by atoms with Gasteiger partial charge < -0.3 is 9.64 Å². The molecule has 6 nitrogen and oxygen atoms in total. The third-order valence-electron chi connectivity index (χ3n) is 4.39. The van der Waals surface area contributed by atoms with Gasteiger partial charge in [0.1, 0.15) is 12.9 Å². The maximum absolute atomic E-state index is 12.4. The number of anilines is 1. The summed E-state index contributed by atoms with van der Waals surface area (Å²) in [5, 5.41) is 0. The highest BCUT2D eigenvalue weighted by atomic mass is 16.5. The number of likely N-dealkylation sites (tertiary alicyclic amines) is 1. The molecule has 1 amide bonds. The topological polar surface area (TPSA) is 58.6 Å². The van der Waals surface area contributed by atoms with Crippen molar-refractivity contribution in [1.82, 2.24) is 14.9 Å². The van der Waals surface area contributed by atoms with E-state index >= 15 is 0 Å². The van der Waals surface area contributed by atoms with Crippen molar-refractivity contribution in [2.45, 2.75) is 18.7 Å². The standard InChI is InChI=1S/C17H18N4O2/c22-17-11-23-16-10-20(8-13-6-18-12-19-7-13)9-15(16)21(17)14-4-2-1-3-5-14/h1-7,12,15-16H,8-11H2/t15-,16-/m0/s1. The maximum Gasteiger partial charge on any atom is 0.253 e. The van der Waals surface area contributed by atoms with Crippen molar-refractivity contribution in [2.75, 3.05) is 24.6 Å². The molecule has 2 saturated heterocycles. The predicted molar refractivity (Wildman–Crippen MR) is 84.8 cm³/mol. The highest BCUT2D eigenvalue weighted by Gasteiger charge is 2.43. The fraction of sp³-hybridized carbons (Fsp3) is 0.353. The second-order valence-electron chi connectivity index (χ2n) is 5.96. The summed E-state index contributed by atoms with van der Waals surface area (Å²) >= 11 is 0. The lowest BCUT2D eigenvalue weighted by Gasteiger charge is -2.36. The number of para-hydroxylation sites is 1. The van der Waals surface area contributed by atoms with E-state index in [-0.39, 0.29) is 24.7 Å². The van der Waals surface area contributed by atoms with E-state index < -0.39 is 0 Å². The average Bonchev–Trinajstić information content (AvgIpc) is 2.99. The molecule has 118 valence electrons. The molecule has 0 N–H and O–H groups in total. The van der Waals surface area contributed by atoms with E-state index in [0.29, 0.717) is 0 Å². The van der Waals surface area contributed by atoms with Crippen LogP contribution in [0.5, 0.6) is 0 Å². The number of ether oxygens (including phenoxy) is 1. The molecule has 3 heterocycles. The summed E-state index contributed by atoms with van der Waals surface area (Å²) in [5.74, 6) is 0.0299. The number of hydrogen-bond acceptors (Lipinski definition) is 5. The molecule has 1 aromatic heterocycles. The first-order valence-electron chi connectivity index (χ1n) is 7.76. The molecule has 2 atom stereocenters. The molecule has 2 aromatic rings. The zero-order chi connectivity index (χ0) is 15.6. The molecule has 2 aliphatic heterocycles. The summed E-state index contributed by atoms with van der Waals surface area (Å²) < 4.78 is 5.77. The van der Waals surface area contributed by atoms with Crippen molar-refractivity contribution < 1.29 is 9.53 Å². The Labute approximate surface area is 134 Å². The number of carbonyl (C=O) groups excluding carboxylic acids is 1. The molecular formula is C17H18N4O2. The van der Waals surface area contributed by atoms with Gasteiger partial charge in [0.05, 0.1) is 12.1 Å². The Hall–Kier alpha value is -2.31. The van der Waals surface area contributed by atoms with Crippen molar-refractivity contribution in [1.29, 1.82) is 0 Å². The molecule has 23 heavy (non-hydrogen) atoms. The van der Waals surface area contributed by atoms with Crippen molar-refractivity contribution in [3.8, 4) is 0 Å². The number of fused-ring (bicyclic) bond motifs is 1. The largest absolute Gasteiger partial charge is 0.365 e. The zero-order valence-electron chi connectivity index (χ0n) is 12.7. The lowest BCUT2D eigenvalue weighted by Crippen LogP contribution is -2.54. The summed E-state index contributed by atoms with van der Waals surface area (Å²) in [6.07, 6.45) is 5.25. The van der Waals surface area contributed by atoms with E-state index in [2.05, 4.69) is 14.9 Å². The second-order valence-corrected chi connectivity index (χ2v) is 5.96. The number of amides is 1. The fourth-order valence-electron chi connectivity index (χ4n) is 3.40. The summed E-state index contributed by atoms with van der Waals surface area (Å²) in [6, 6.07) is 9.90. The van der Waals surface area contributed by atoms with Gasteiger partial charge in [-0.25, -0.2) is 9.97 Å². The van der Waals surface area contributed by atoms with Gasteiger partial charge in [0.25, 0.3) is 5.91 Å². The Bertz CT molecular complexity index is 680. The zero-order valence-corrected chi connectivity index (χ0v) is 12.7. The van der Waals surface area contributed by atoms with Crippen LogP contribution in [0.3, 0.4) is 0 Å². The van der Waals surface area contributed by atoms with Crippen molar-refractivity contribution in [3.05, 3.63) is 54.6 Å². The highest BCUT2D eigenvalue weighted by Crippen LogP contribution is 2.29. The van der Waals surface area contributed by atoms with Gasteiger partial charge in [-0.1, -0.05) is 18.2 Å². The smallest absolute Gasteiger partial charge is 0.253 e. The van der Waals surface area contributed by atoms with Crippen LogP contribution in [0.15, 0.2) is 49.1 Å². The Balaban J connectivity index is 1.53. The van der Waals surface area contributed by atoms with Crippen molar-refractivity contribution in [2.24, 2.45) is 0 Å². The van der Waals surface area contributed by atoms with Gasteiger partial charge in [-0.15, -0.1) is 0 Å². The quantitative estimate of drug-likeness (QED) is 0.849. The molecule has 2 fully saturated rings. The van der Waals surface area contributed by atoms with Crippen LogP contribution >= 0.6 is 0 Å². The van der Waals surface area contributed by atoms with Gasteiger partial charge in [-0.2, -0.15) is 0 Å². The van der Waals surface area contributed by atoms with Gasteiger partial charge in [0.15, 0.2) is 0 Å². The number of rotatable bonds is 3. The first-order chi connectivity index (χ1) is 11.3. The van der Waals surface area contributed by atoms with E-state index in [4.69, 9.17) is 4.74 Å². The molecule has 0 bridgehead atoms. The van der Waals surface area contributed by atoms with Crippen LogP contribution in [0, 0.1) is 0 Å². The Kier molecular flexibility index (Phi) is 3.77. The first kappa shape index (κ1) is 14.3. The van der Waals surface area contributed by atoms with Crippen LogP contribution in [-0.4, -0.2) is 52.6 Å². The molecule has 1 aromatic carbocycles. The number of benzene rings is 1. The number of aromatic nitrogens is 2. The summed E-state index contributed by atoms with van der Waals surface area (Å²) in [6.45, 7) is 2.53. The fourth-order valence-corrected chi connectivity index (χ4v) is 3.40. The van der Waals surface area contributed by atoms with Crippen LogP contribution in [-0.2, 0) is 16.1 Å². The molecule has 4 rings (SSSR count). The van der Waals surface area contributed by atoms with E-state index in [9.17, 15) is 4.79 Å². The van der Waals surface area contributed by atoms with Gasteiger partial charge >= 0.3 is 0 Å². The van der Waals surface area contributed by atoms with Crippen LogP contribution < -0.4 is 4.90 Å². The van der Waals surface area contributed by atoms with Crippen LogP contribution in [0.2, 0.25) is 0 Å². The average molecular weight is 310 g/mol. The second kappa shape index (κ2) is 6.06. The first-order valence-corrected chi connectivity index (χ1v) is 7.76.